The summed E-state index contributed by atoms with van der Waals surface area (Å²) in [6, 6.07) is 0. The van der Waals surface area contributed by atoms with Gasteiger partial charge in [-0.25, -0.2) is 0 Å². The van der Waals surface area contributed by atoms with Gasteiger partial charge >= 0.3 is 69.2 Å². The van der Waals surface area contributed by atoms with Gasteiger partial charge in [-0.2, -0.15) is 0 Å². The third kappa shape index (κ3) is 2.44. The summed E-state index contributed by atoms with van der Waals surface area (Å²) in [5.74, 6) is 0. The van der Waals surface area contributed by atoms with E-state index in [1.807, 2.05) is 0 Å². The van der Waals surface area contributed by atoms with Gasteiger partial charge in [0.15, 0.2) is 0 Å². The first-order valence-corrected chi connectivity index (χ1v) is 13.7. The van der Waals surface area contributed by atoms with E-state index in [4.69, 9.17) is 0 Å². The summed E-state index contributed by atoms with van der Waals surface area (Å²) in [4.78, 5) is 2.68. The molecule has 0 atom stereocenters. The van der Waals surface area contributed by atoms with Crippen LogP contribution in [-0.4, -0.2) is 18.4 Å². The van der Waals surface area contributed by atoms with Crippen LogP contribution in [0.15, 0.2) is 0 Å². The minimum absolute atomic E-state index is 1.34. The van der Waals surface area contributed by atoms with Crippen LogP contribution in [0.3, 0.4) is 0 Å². The normalized spacial score (nSPS) is 24.6. The van der Waals surface area contributed by atoms with E-state index in [1.165, 1.54) is 12.8 Å². The van der Waals surface area contributed by atoms with Gasteiger partial charge in [0.05, 0.1) is 0 Å². The molecule has 0 radical (unpaired) electrons. The molecule has 0 aromatic heterocycles. The molecule has 1 saturated heterocycles. The van der Waals surface area contributed by atoms with Crippen molar-refractivity contribution in [3.8, 4) is 0 Å². The van der Waals surface area contributed by atoms with Crippen LogP contribution in [0.2, 0.25) is 18.2 Å². The molecule has 1 aliphatic heterocycles. The predicted octanol–water partition coefficient (Wildman–Crippen LogP) is 3.66. The van der Waals surface area contributed by atoms with E-state index >= 15 is 0 Å². The molecule has 0 aromatic rings. The molecule has 0 aliphatic carbocycles. The van der Waals surface area contributed by atoms with E-state index in [0.29, 0.717) is 0 Å². The van der Waals surface area contributed by atoms with Gasteiger partial charge in [0.1, 0.15) is 0 Å². The second-order valence-electron chi connectivity index (χ2n) is 4.12. The molecule has 60 valence electrons. The van der Waals surface area contributed by atoms with E-state index < -0.39 is 18.4 Å². The number of hydrogen-bond acceptors (Lipinski definition) is 0. The fourth-order valence-corrected chi connectivity index (χ4v) is 14.1. The second kappa shape index (κ2) is 3.98. The summed E-state index contributed by atoms with van der Waals surface area (Å²) in [7, 11) is 0. The molecule has 0 bridgehead atoms. The Bertz CT molecular complexity index is 87.4. The van der Waals surface area contributed by atoms with Crippen LogP contribution in [0.5, 0.6) is 0 Å². The van der Waals surface area contributed by atoms with Crippen LogP contribution in [0.1, 0.15) is 32.6 Å². The van der Waals surface area contributed by atoms with Crippen LogP contribution in [-0.2, 0) is 0 Å². The van der Waals surface area contributed by atoms with Gasteiger partial charge in [0.25, 0.3) is 0 Å². The molecule has 1 aliphatic rings. The topological polar surface area (TPSA) is 0 Å². The summed E-state index contributed by atoms with van der Waals surface area (Å²) >= 11 is -1.34. The van der Waals surface area contributed by atoms with Gasteiger partial charge in [-0.3, -0.25) is 0 Å². The summed E-state index contributed by atoms with van der Waals surface area (Å²) in [6.45, 7) is 2.36. The first-order chi connectivity index (χ1) is 4.77. The van der Waals surface area contributed by atoms with E-state index in [2.05, 4.69) is 11.9 Å². The molecule has 0 nitrogen and oxygen atoms in total. The molecule has 0 aromatic carbocycles. The molecule has 0 N–H and O–H groups in total. The fourth-order valence-electron chi connectivity index (χ4n) is 2.26. The zero-order valence-electron chi connectivity index (χ0n) is 7.45. The molecular formula is C9H20Sn. The van der Waals surface area contributed by atoms with Gasteiger partial charge in [-0.05, 0) is 0 Å². The third-order valence-corrected chi connectivity index (χ3v) is 16.7. The summed E-state index contributed by atoms with van der Waals surface area (Å²) in [5, 5.41) is 0. The van der Waals surface area contributed by atoms with E-state index in [0.717, 1.165) is 0 Å². The molecule has 0 amide bonds. The molecule has 10 heavy (non-hydrogen) atoms. The zero-order valence-corrected chi connectivity index (χ0v) is 10.3. The SMILES string of the molecule is CC[CH2][Sn]1([CH3])[CH2]CCC[CH2]1. The van der Waals surface area contributed by atoms with Gasteiger partial charge in [-0.1, -0.05) is 0 Å². The Hall–Kier alpha value is 0.799. The van der Waals surface area contributed by atoms with Gasteiger partial charge < -0.3 is 0 Å². The van der Waals surface area contributed by atoms with Gasteiger partial charge in [-0.15, -0.1) is 0 Å². The van der Waals surface area contributed by atoms with E-state index in [9.17, 15) is 0 Å². The van der Waals surface area contributed by atoms with Crippen LogP contribution in [0, 0.1) is 0 Å². The Morgan fingerprint density at radius 2 is 1.70 bits per heavy atom. The second-order valence-corrected chi connectivity index (χ2v) is 18.7. The molecular weight excluding hydrogens is 227 g/mol. The molecule has 0 unspecified atom stereocenters. The van der Waals surface area contributed by atoms with Crippen molar-refractivity contribution >= 4 is 18.4 Å². The van der Waals surface area contributed by atoms with Gasteiger partial charge in [0, 0.05) is 0 Å². The molecule has 0 spiro atoms. The maximum absolute atomic E-state index is 2.68. The Morgan fingerprint density at radius 3 is 2.20 bits per heavy atom. The maximum atomic E-state index is 2.68. The zero-order chi connectivity index (χ0) is 7.45. The number of hydrogen-bond donors (Lipinski definition) is 0. The standard InChI is InChI=1S/C5H10.C3H7.CH3.Sn/c1-3-5-4-2;1-3-2;;/h1-5H2;1,3H2,2H3;1H3;. The van der Waals surface area contributed by atoms with E-state index in [1.54, 1.807) is 26.2 Å². The molecule has 0 saturated carbocycles. The average molecular weight is 247 g/mol. The monoisotopic (exact) mass is 248 g/mol. The van der Waals surface area contributed by atoms with Crippen molar-refractivity contribution in [2.24, 2.45) is 0 Å². The Balaban J connectivity index is 2.32. The fraction of sp³-hybridized carbons (Fsp3) is 1.00. The van der Waals surface area contributed by atoms with Crippen molar-refractivity contribution in [1.29, 1.82) is 0 Å². The van der Waals surface area contributed by atoms with Crippen LogP contribution >= 0.6 is 0 Å². The van der Waals surface area contributed by atoms with Crippen molar-refractivity contribution in [2.45, 2.75) is 50.9 Å². The van der Waals surface area contributed by atoms with Crippen molar-refractivity contribution in [2.75, 3.05) is 0 Å². The molecule has 1 fully saturated rings. The van der Waals surface area contributed by atoms with Crippen LogP contribution in [0.4, 0.5) is 0 Å². The first kappa shape index (κ1) is 8.89. The van der Waals surface area contributed by atoms with Gasteiger partial charge in [0.2, 0.25) is 0 Å². The molecule has 1 rings (SSSR count). The van der Waals surface area contributed by atoms with Crippen molar-refractivity contribution in [3.05, 3.63) is 0 Å². The third-order valence-electron chi connectivity index (χ3n) is 2.91. The van der Waals surface area contributed by atoms with E-state index in [-0.39, 0.29) is 0 Å². The molecule has 1 heterocycles. The average Bonchev–Trinajstić information content (AvgIpc) is 1.89. The van der Waals surface area contributed by atoms with Crippen LogP contribution in [0.25, 0.3) is 0 Å². The minimum atomic E-state index is -1.34. The Morgan fingerprint density at radius 1 is 1.10 bits per heavy atom. The predicted molar refractivity (Wildman–Crippen MR) is 50.2 cm³/mol. The van der Waals surface area contributed by atoms with Crippen molar-refractivity contribution in [3.63, 3.8) is 0 Å². The summed E-state index contributed by atoms with van der Waals surface area (Å²) in [5.41, 5.74) is 0. The first-order valence-electron chi connectivity index (χ1n) is 4.77. The summed E-state index contributed by atoms with van der Waals surface area (Å²) < 4.78 is 5.06. The molecule has 1 heteroatoms. The Kier molecular flexibility index (Phi) is 3.54. The van der Waals surface area contributed by atoms with Crippen LogP contribution < -0.4 is 0 Å². The summed E-state index contributed by atoms with van der Waals surface area (Å²) in [6.07, 6.45) is 6.15. The van der Waals surface area contributed by atoms with Crippen molar-refractivity contribution < 1.29 is 0 Å². The van der Waals surface area contributed by atoms with Crippen molar-refractivity contribution in [1.82, 2.24) is 0 Å². The number of rotatable bonds is 2. The quantitative estimate of drug-likeness (QED) is 0.653. The Labute approximate surface area is 69.3 Å².